The summed E-state index contributed by atoms with van der Waals surface area (Å²) in [7, 11) is 2.03. The number of nitrogens with zero attached hydrogens (tertiary/aromatic N) is 3. The largest absolute Gasteiger partial charge is 0.342 e. The van der Waals surface area contributed by atoms with Crippen LogP contribution < -0.4 is 5.56 Å². The molecule has 1 aliphatic carbocycles. The van der Waals surface area contributed by atoms with Gasteiger partial charge in [0.15, 0.2) is 0 Å². The molecule has 0 spiro atoms. The molecule has 1 amide bonds. The van der Waals surface area contributed by atoms with Crippen molar-refractivity contribution in [3.63, 3.8) is 0 Å². The number of rotatable bonds is 2. The van der Waals surface area contributed by atoms with E-state index in [4.69, 9.17) is 4.98 Å². The third kappa shape index (κ3) is 3.47. The molecule has 0 radical (unpaired) electrons. The molecule has 0 bridgehead atoms. The molecule has 3 aliphatic rings. The van der Waals surface area contributed by atoms with E-state index < -0.39 is 0 Å². The van der Waals surface area contributed by atoms with Crippen LogP contribution in [0.3, 0.4) is 0 Å². The van der Waals surface area contributed by atoms with Crippen molar-refractivity contribution >= 4 is 5.91 Å². The van der Waals surface area contributed by atoms with Gasteiger partial charge in [-0.1, -0.05) is 12.2 Å². The zero-order valence-corrected chi connectivity index (χ0v) is 15.5. The molecule has 1 saturated heterocycles. The fourth-order valence-electron chi connectivity index (χ4n) is 4.45. The van der Waals surface area contributed by atoms with Gasteiger partial charge in [0.05, 0.1) is 11.3 Å². The summed E-state index contributed by atoms with van der Waals surface area (Å²) in [6.45, 7) is 3.12. The predicted octanol–water partition coefficient (Wildman–Crippen LogP) is 1.82. The van der Waals surface area contributed by atoms with Crippen molar-refractivity contribution in [3.05, 3.63) is 39.6 Å². The van der Waals surface area contributed by atoms with E-state index in [1.54, 1.807) is 0 Å². The Morgan fingerprint density at radius 3 is 2.96 bits per heavy atom. The minimum Gasteiger partial charge on any atom is -0.342 e. The summed E-state index contributed by atoms with van der Waals surface area (Å²) in [5, 5.41) is 0. The molecule has 0 saturated carbocycles. The molecular formula is C20H28N4O2. The van der Waals surface area contributed by atoms with Crippen molar-refractivity contribution in [2.45, 2.75) is 51.0 Å². The first-order valence-electron chi connectivity index (χ1n) is 9.86. The van der Waals surface area contributed by atoms with Gasteiger partial charge < -0.3 is 14.8 Å². The lowest BCUT2D eigenvalue weighted by atomic mass is 9.90. The van der Waals surface area contributed by atoms with Gasteiger partial charge in [0.1, 0.15) is 5.82 Å². The molecule has 1 aromatic rings. The Morgan fingerprint density at radius 2 is 2.15 bits per heavy atom. The number of allylic oxidation sites excluding steroid dienone is 2. The van der Waals surface area contributed by atoms with Crippen LogP contribution in [-0.4, -0.2) is 52.4 Å². The Kier molecular flexibility index (Phi) is 4.94. The molecule has 26 heavy (non-hydrogen) atoms. The lowest BCUT2D eigenvalue weighted by Crippen LogP contribution is -2.43. The van der Waals surface area contributed by atoms with Crippen molar-refractivity contribution in [1.29, 1.82) is 0 Å². The number of amides is 1. The molecule has 1 N–H and O–H groups in total. The summed E-state index contributed by atoms with van der Waals surface area (Å²) >= 11 is 0. The van der Waals surface area contributed by atoms with E-state index in [0.29, 0.717) is 13.1 Å². The summed E-state index contributed by atoms with van der Waals surface area (Å²) in [6.07, 6.45) is 9.90. The van der Waals surface area contributed by atoms with Gasteiger partial charge in [0, 0.05) is 44.4 Å². The average Bonchev–Trinajstić information content (AvgIpc) is 2.68. The Hall–Kier alpha value is -1.95. The second kappa shape index (κ2) is 7.35. The van der Waals surface area contributed by atoms with E-state index in [0.717, 1.165) is 68.7 Å². The summed E-state index contributed by atoms with van der Waals surface area (Å²) in [5.74, 6) is 1.33. The van der Waals surface area contributed by atoms with Crippen LogP contribution in [0.1, 0.15) is 55.1 Å². The number of carbonyl (C=O) groups is 1. The number of carbonyl (C=O) groups excluding carboxylic acids is 1. The van der Waals surface area contributed by atoms with Gasteiger partial charge in [-0.05, 0) is 39.2 Å². The zero-order chi connectivity index (χ0) is 18.1. The number of aromatic nitrogens is 2. The van der Waals surface area contributed by atoms with Crippen molar-refractivity contribution in [3.8, 4) is 0 Å². The lowest BCUT2D eigenvalue weighted by molar-refractivity contribution is -0.137. The number of likely N-dealkylation sites (N-methyl/N-ethyl adjacent to an activating group) is 1. The summed E-state index contributed by atoms with van der Waals surface area (Å²) in [6, 6.07) is 0. The molecule has 140 valence electrons. The number of H-pyrrole nitrogens is 1. The van der Waals surface area contributed by atoms with E-state index in [1.165, 1.54) is 0 Å². The number of nitrogens with one attached hydrogen (secondary N) is 1. The van der Waals surface area contributed by atoms with Gasteiger partial charge >= 0.3 is 0 Å². The highest BCUT2D eigenvalue weighted by Crippen LogP contribution is 2.28. The van der Waals surface area contributed by atoms with Gasteiger partial charge in [0.2, 0.25) is 5.91 Å². The van der Waals surface area contributed by atoms with Gasteiger partial charge in [-0.25, -0.2) is 4.98 Å². The number of piperidine rings is 1. The molecule has 1 fully saturated rings. The van der Waals surface area contributed by atoms with Crippen molar-refractivity contribution in [1.82, 2.24) is 19.8 Å². The number of fused-ring (bicyclic) bond motifs is 1. The maximum atomic E-state index is 12.9. The van der Waals surface area contributed by atoms with Crippen molar-refractivity contribution in [2.24, 2.45) is 5.92 Å². The van der Waals surface area contributed by atoms with Crippen LogP contribution in [-0.2, 0) is 17.8 Å². The lowest BCUT2D eigenvalue weighted by Gasteiger charge is -2.35. The highest BCUT2D eigenvalue weighted by molar-refractivity contribution is 5.79. The fraction of sp³-hybridized carbons (Fsp3) is 0.650. The maximum Gasteiger partial charge on any atom is 0.255 e. The molecule has 1 aromatic heterocycles. The SMILES string of the molecule is CN1CCc2nc(C3CCCN(C(=O)C4CC=CCC4)C3)[nH]c(=O)c2C1. The monoisotopic (exact) mass is 356 g/mol. The highest BCUT2D eigenvalue weighted by Gasteiger charge is 2.31. The summed E-state index contributed by atoms with van der Waals surface area (Å²) < 4.78 is 0. The quantitative estimate of drug-likeness (QED) is 0.821. The third-order valence-corrected chi connectivity index (χ3v) is 6.02. The fourth-order valence-corrected chi connectivity index (χ4v) is 4.45. The Labute approximate surface area is 154 Å². The van der Waals surface area contributed by atoms with Crippen molar-refractivity contribution < 1.29 is 4.79 Å². The number of likely N-dealkylation sites (tertiary alicyclic amines) is 1. The van der Waals surface area contributed by atoms with Crippen LogP contribution in [0.2, 0.25) is 0 Å². The van der Waals surface area contributed by atoms with Crippen LogP contribution in [0.15, 0.2) is 16.9 Å². The summed E-state index contributed by atoms with van der Waals surface area (Å²) in [4.78, 5) is 37.4. The average molecular weight is 356 g/mol. The molecule has 0 aromatic carbocycles. The molecule has 4 rings (SSSR count). The minimum atomic E-state index is -0.00239. The molecule has 6 nitrogen and oxygen atoms in total. The van der Waals surface area contributed by atoms with E-state index in [1.807, 2.05) is 11.9 Å². The summed E-state index contributed by atoms with van der Waals surface area (Å²) in [5.41, 5.74) is 1.75. The topological polar surface area (TPSA) is 69.3 Å². The van der Waals surface area contributed by atoms with E-state index in [-0.39, 0.29) is 23.3 Å². The third-order valence-electron chi connectivity index (χ3n) is 6.02. The molecular weight excluding hydrogens is 328 g/mol. The number of hydrogen-bond donors (Lipinski definition) is 1. The van der Waals surface area contributed by atoms with Gasteiger partial charge in [-0.2, -0.15) is 0 Å². The minimum absolute atomic E-state index is 0.00239. The van der Waals surface area contributed by atoms with Crippen LogP contribution in [0.5, 0.6) is 0 Å². The maximum absolute atomic E-state index is 12.9. The van der Waals surface area contributed by atoms with E-state index in [2.05, 4.69) is 22.0 Å². The Morgan fingerprint density at radius 1 is 1.27 bits per heavy atom. The van der Waals surface area contributed by atoms with Crippen LogP contribution >= 0.6 is 0 Å². The van der Waals surface area contributed by atoms with Crippen LogP contribution in [0.25, 0.3) is 0 Å². The first-order valence-corrected chi connectivity index (χ1v) is 9.86. The predicted molar refractivity (Wildman–Crippen MR) is 99.9 cm³/mol. The molecule has 2 aliphatic heterocycles. The standard InChI is InChI=1S/C20H28N4O2/c1-23-11-9-17-16(13-23)19(25)22-18(21-17)15-8-5-10-24(12-15)20(26)14-6-3-2-4-7-14/h2-3,14-15H,4-13H2,1H3,(H,21,22,25). The van der Waals surface area contributed by atoms with Crippen LogP contribution in [0, 0.1) is 5.92 Å². The van der Waals surface area contributed by atoms with Crippen LogP contribution in [0.4, 0.5) is 0 Å². The molecule has 2 unspecified atom stereocenters. The molecule has 2 atom stereocenters. The van der Waals surface area contributed by atoms with E-state index >= 15 is 0 Å². The smallest absolute Gasteiger partial charge is 0.255 e. The number of aromatic amines is 1. The highest BCUT2D eigenvalue weighted by atomic mass is 16.2. The van der Waals surface area contributed by atoms with E-state index in [9.17, 15) is 9.59 Å². The Bertz CT molecular complexity index is 770. The first kappa shape index (κ1) is 17.5. The number of hydrogen-bond acceptors (Lipinski definition) is 4. The molecule has 3 heterocycles. The zero-order valence-electron chi connectivity index (χ0n) is 15.5. The molecule has 6 heteroatoms. The van der Waals surface area contributed by atoms with Crippen molar-refractivity contribution in [2.75, 3.05) is 26.7 Å². The van der Waals surface area contributed by atoms with Gasteiger partial charge in [-0.15, -0.1) is 0 Å². The van der Waals surface area contributed by atoms with Gasteiger partial charge in [0.25, 0.3) is 5.56 Å². The Balaban J connectivity index is 1.51. The second-order valence-corrected chi connectivity index (χ2v) is 7.97. The van der Waals surface area contributed by atoms with Gasteiger partial charge in [-0.3, -0.25) is 9.59 Å². The first-order chi connectivity index (χ1) is 12.6. The normalized spacial score (nSPS) is 26.6. The second-order valence-electron chi connectivity index (χ2n) is 7.97.